The topological polar surface area (TPSA) is 15.3 Å². The Morgan fingerprint density at radius 2 is 1.89 bits per heavy atom. The minimum Gasteiger partial charge on any atom is -0.315 e. The molecule has 0 heterocycles. The first-order valence-electron chi connectivity index (χ1n) is 7.36. The molecule has 0 bridgehead atoms. The van der Waals surface area contributed by atoms with Gasteiger partial charge in [-0.2, -0.15) is 0 Å². The van der Waals surface area contributed by atoms with Crippen molar-refractivity contribution in [2.45, 2.75) is 39.2 Å². The van der Waals surface area contributed by atoms with Crippen LogP contribution in [0.25, 0.3) is 0 Å². The van der Waals surface area contributed by atoms with Crippen molar-refractivity contribution in [3.8, 4) is 0 Å². The van der Waals surface area contributed by atoms with Gasteiger partial charge in [-0.25, -0.2) is 0 Å². The fourth-order valence-corrected chi connectivity index (χ4v) is 2.48. The molecule has 108 valence electrons. The van der Waals surface area contributed by atoms with Crippen LogP contribution in [0.3, 0.4) is 0 Å². The van der Waals surface area contributed by atoms with E-state index in [-0.39, 0.29) is 0 Å². The normalized spacial score (nSPS) is 11.2. The Morgan fingerprint density at radius 3 is 2.63 bits per heavy atom. The van der Waals surface area contributed by atoms with Gasteiger partial charge in [-0.3, -0.25) is 0 Å². The van der Waals surface area contributed by atoms with Gasteiger partial charge in [0.05, 0.1) is 0 Å². The smallest absolute Gasteiger partial charge is 0.0242 e. The minimum atomic E-state index is 0.999. The Bertz CT molecular complexity index is 341. The maximum atomic E-state index is 3.60. The second-order valence-electron chi connectivity index (χ2n) is 5.14. The summed E-state index contributed by atoms with van der Waals surface area (Å²) >= 11 is 3.60. The van der Waals surface area contributed by atoms with Crippen LogP contribution in [0, 0.1) is 0 Å². The summed E-state index contributed by atoms with van der Waals surface area (Å²) in [6, 6.07) is 8.44. The summed E-state index contributed by atoms with van der Waals surface area (Å²) in [5, 5.41) is 3.52. The zero-order chi connectivity index (χ0) is 13.9. The highest BCUT2D eigenvalue weighted by Crippen LogP contribution is 2.16. The van der Waals surface area contributed by atoms with E-state index in [0.717, 1.165) is 26.2 Å². The molecule has 0 aliphatic carbocycles. The monoisotopic (exact) mass is 326 g/mol. The maximum absolute atomic E-state index is 3.60. The van der Waals surface area contributed by atoms with Gasteiger partial charge in [-0.05, 0) is 31.6 Å². The van der Waals surface area contributed by atoms with Crippen molar-refractivity contribution in [3.63, 3.8) is 0 Å². The van der Waals surface area contributed by atoms with Crippen LogP contribution in [0.15, 0.2) is 28.7 Å². The number of hydrogen-bond acceptors (Lipinski definition) is 2. The van der Waals surface area contributed by atoms with E-state index in [0.29, 0.717) is 0 Å². The Labute approximate surface area is 126 Å². The fraction of sp³-hybridized carbons (Fsp3) is 0.625. The van der Waals surface area contributed by atoms with Gasteiger partial charge in [0, 0.05) is 24.1 Å². The quantitative estimate of drug-likeness (QED) is 0.652. The van der Waals surface area contributed by atoms with Crippen LogP contribution in [0.2, 0.25) is 0 Å². The number of hydrogen-bond donors (Lipinski definition) is 1. The number of rotatable bonds is 10. The molecule has 0 spiro atoms. The van der Waals surface area contributed by atoms with Crippen LogP contribution < -0.4 is 5.32 Å². The number of nitrogens with zero attached hydrogens (tertiary/aromatic N) is 1. The highest BCUT2D eigenvalue weighted by Gasteiger charge is 2.02. The van der Waals surface area contributed by atoms with Crippen molar-refractivity contribution in [1.29, 1.82) is 0 Å². The van der Waals surface area contributed by atoms with Crippen molar-refractivity contribution in [3.05, 3.63) is 34.3 Å². The minimum absolute atomic E-state index is 0.999. The molecule has 0 atom stereocenters. The van der Waals surface area contributed by atoms with Gasteiger partial charge < -0.3 is 10.2 Å². The van der Waals surface area contributed by atoms with Crippen molar-refractivity contribution in [1.82, 2.24) is 10.2 Å². The molecule has 0 saturated carbocycles. The lowest BCUT2D eigenvalue weighted by molar-refractivity contribution is 0.323. The lowest BCUT2D eigenvalue weighted by Crippen LogP contribution is -2.29. The second kappa shape index (κ2) is 10.4. The molecule has 0 saturated heterocycles. The van der Waals surface area contributed by atoms with Crippen molar-refractivity contribution >= 4 is 15.9 Å². The van der Waals surface area contributed by atoms with Crippen LogP contribution in [0.1, 0.15) is 38.2 Å². The average molecular weight is 327 g/mol. The Balaban J connectivity index is 2.08. The van der Waals surface area contributed by atoms with E-state index in [9.17, 15) is 0 Å². The van der Waals surface area contributed by atoms with Crippen LogP contribution in [0.5, 0.6) is 0 Å². The summed E-state index contributed by atoms with van der Waals surface area (Å²) in [6.45, 7) is 6.58. The summed E-state index contributed by atoms with van der Waals surface area (Å²) in [6.07, 6.45) is 5.34. The molecule has 1 aromatic carbocycles. The van der Waals surface area contributed by atoms with E-state index in [1.807, 2.05) is 0 Å². The summed E-state index contributed by atoms with van der Waals surface area (Å²) < 4.78 is 1.20. The molecule has 0 amide bonds. The third-order valence-electron chi connectivity index (χ3n) is 3.28. The number of nitrogens with one attached hydrogen (secondary N) is 1. The van der Waals surface area contributed by atoms with Gasteiger partial charge in [0.25, 0.3) is 0 Å². The molecule has 1 rings (SSSR count). The first-order valence-corrected chi connectivity index (χ1v) is 8.16. The molecule has 0 radical (unpaired) electrons. The lowest BCUT2D eigenvalue weighted by atomic mass is 10.2. The molecule has 2 nitrogen and oxygen atoms in total. The largest absolute Gasteiger partial charge is 0.315 e. The summed E-state index contributed by atoms with van der Waals surface area (Å²) in [5.74, 6) is 0. The van der Waals surface area contributed by atoms with Gasteiger partial charge >= 0.3 is 0 Å². The highest BCUT2D eigenvalue weighted by molar-refractivity contribution is 9.10. The third kappa shape index (κ3) is 7.71. The Kier molecular flexibility index (Phi) is 9.14. The SMILES string of the molecule is CCCCCCNCCN(C)Cc1ccccc1Br. The molecule has 1 aromatic rings. The number of likely N-dealkylation sites (N-methyl/N-ethyl adjacent to an activating group) is 1. The standard InChI is InChI=1S/C16H27BrN2/c1-3-4-5-8-11-18-12-13-19(2)14-15-9-6-7-10-16(15)17/h6-7,9-10,18H,3-5,8,11-14H2,1-2H3. The zero-order valence-electron chi connectivity index (χ0n) is 12.3. The van der Waals surface area contributed by atoms with Crippen molar-refractivity contribution < 1.29 is 0 Å². The first-order chi connectivity index (χ1) is 9.24. The van der Waals surface area contributed by atoms with Gasteiger partial charge in [0.15, 0.2) is 0 Å². The molecular weight excluding hydrogens is 300 g/mol. The van der Waals surface area contributed by atoms with Crippen LogP contribution in [-0.2, 0) is 6.54 Å². The van der Waals surface area contributed by atoms with Crippen LogP contribution in [0.4, 0.5) is 0 Å². The maximum Gasteiger partial charge on any atom is 0.0242 e. The predicted molar refractivity (Wildman–Crippen MR) is 87.5 cm³/mol. The lowest BCUT2D eigenvalue weighted by Gasteiger charge is -2.17. The van der Waals surface area contributed by atoms with E-state index in [4.69, 9.17) is 0 Å². The third-order valence-corrected chi connectivity index (χ3v) is 4.05. The molecule has 0 aromatic heterocycles. The Hall–Kier alpha value is -0.380. The number of benzene rings is 1. The Morgan fingerprint density at radius 1 is 1.11 bits per heavy atom. The summed E-state index contributed by atoms with van der Waals surface area (Å²) in [4.78, 5) is 2.36. The first kappa shape index (κ1) is 16.7. The number of halogens is 1. The molecule has 0 aliphatic rings. The van der Waals surface area contributed by atoms with Crippen molar-refractivity contribution in [2.24, 2.45) is 0 Å². The van der Waals surface area contributed by atoms with Crippen LogP contribution in [-0.4, -0.2) is 31.6 Å². The van der Waals surface area contributed by atoms with E-state index in [1.54, 1.807) is 0 Å². The van der Waals surface area contributed by atoms with E-state index in [1.165, 1.54) is 35.7 Å². The van der Waals surface area contributed by atoms with Crippen LogP contribution >= 0.6 is 15.9 Å². The fourth-order valence-electron chi connectivity index (χ4n) is 2.07. The summed E-state index contributed by atoms with van der Waals surface area (Å²) in [5.41, 5.74) is 1.35. The van der Waals surface area contributed by atoms with Gasteiger partial charge in [0.2, 0.25) is 0 Å². The van der Waals surface area contributed by atoms with Gasteiger partial charge in [-0.15, -0.1) is 0 Å². The molecule has 19 heavy (non-hydrogen) atoms. The van der Waals surface area contributed by atoms with E-state index < -0.39 is 0 Å². The predicted octanol–water partition coefficient (Wildman–Crippen LogP) is 4.05. The molecular formula is C16H27BrN2. The van der Waals surface area contributed by atoms with Gasteiger partial charge in [0.1, 0.15) is 0 Å². The molecule has 1 N–H and O–H groups in total. The zero-order valence-corrected chi connectivity index (χ0v) is 13.9. The van der Waals surface area contributed by atoms with E-state index in [2.05, 4.69) is 64.4 Å². The molecule has 3 heteroatoms. The average Bonchev–Trinajstić information content (AvgIpc) is 2.40. The van der Waals surface area contributed by atoms with E-state index >= 15 is 0 Å². The summed E-state index contributed by atoms with van der Waals surface area (Å²) in [7, 11) is 2.18. The van der Waals surface area contributed by atoms with Gasteiger partial charge in [-0.1, -0.05) is 60.3 Å². The second-order valence-corrected chi connectivity index (χ2v) is 5.99. The number of unbranched alkanes of at least 4 members (excludes halogenated alkanes) is 3. The highest BCUT2D eigenvalue weighted by atomic mass is 79.9. The molecule has 0 fully saturated rings. The molecule has 0 aliphatic heterocycles. The molecule has 0 unspecified atom stereocenters. The van der Waals surface area contributed by atoms with Crippen molar-refractivity contribution in [2.75, 3.05) is 26.7 Å².